The summed E-state index contributed by atoms with van der Waals surface area (Å²) in [5.74, 6) is 0.0188. The van der Waals surface area contributed by atoms with Gasteiger partial charge in [-0.2, -0.15) is 0 Å². The van der Waals surface area contributed by atoms with Gasteiger partial charge in [0.25, 0.3) is 5.69 Å². The molecule has 7 nitrogen and oxygen atoms in total. The number of hydrogen-bond acceptors (Lipinski definition) is 5. The standard InChI is InChI=1S/C13H20N2O5S/c1-9(2)12(6-7-16)14-21(19,20)13-5-4-11(15(17)18)8-10(13)3/h4-5,8-9,12,14,16H,6-7H2,1-3H3. The molecule has 21 heavy (non-hydrogen) atoms. The fraction of sp³-hybridized carbons (Fsp3) is 0.538. The number of nitro groups is 1. The first-order valence-electron chi connectivity index (χ1n) is 6.57. The van der Waals surface area contributed by atoms with Gasteiger partial charge in [0, 0.05) is 24.8 Å². The molecule has 0 bridgehead atoms. The first kappa shape index (κ1) is 17.5. The molecule has 0 saturated heterocycles. The van der Waals surface area contributed by atoms with E-state index in [2.05, 4.69) is 4.72 Å². The normalized spacial score (nSPS) is 13.4. The van der Waals surface area contributed by atoms with E-state index in [1.807, 2.05) is 13.8 Å². The molecule has 1 unspecified atom stereocenters. The van der Waals surface area contributed by atoms with Crippen molar-refractivity contribution in [2.24, 2.45) is 5.92 Å². The Hall–Kier alpha value is -1.51. The summed E-state index contributed by atoms with van der Waals surface area (Å²) in [6.45, 7) is 5.10. The Morgan fingerprint density at radius 1 is 1.38 bits per heavy atom. The summed E-state index contributed by atoms with van der Waals surface area (Å²) in [5.41, 5.74) is 0.158. The summed E-state index contributed by atoms with van der Waals surface area (Å²) < 4.78 is 27.3. The zero-order valence-electron chi connectivity index (χ0n) is 12.2. The minimum atomic E-state index is -3.78. The molecule has 0 radical (unpaired) electrons. The van der Waals surface area contributed by atoms with E-state index in [1.165, 1.54) is 19.1 Å². The number of benzene rings is 1. The van der Waals surface area contributed by atoms with Crippen LogP contribution in [0.4, 0.5) is 5.69 Å². The second-order valence-corrected chi connectivity index (χ2v) is 6.87. The average molecular weight is 316 g/mol. The van der Waals surface area contributed by atoms with Crippen LogP contribution in [0, 0.1) is 23.0 Å². The maximum atomic E-state index is 12.4. The zero-order chi connectivity index (χ0) is 16.2. The van der Waals surface area contributed by atoms with Gasteiger partial charge in [-0.1, -0.05) is 13.8 Å². The van der Waals surface area contributed by atoms with Gasteiger partial charge in [-0.15, -0.1) is 0 Å². The van der Waals surface area contributed by atoms with Crippen molar-refractivity contribution in [3.05, 3.63) is 33.9 Å². The predicted molar refractivity (Wildman–Crippen MR) is 78.5 cm³/mol. The Balaban J connectivity index is 3.10. The third kappa shape index (κ3) is 4.48. The van der Waals surface area contributed by atoms with Crippen LogP contribution in [0.1, 0.15) is 25.8 Å². The molecule has 1 aromatic carbocycles. The number of rotatable bonds is 7. The van der Waals surface area contributed by atoms with Gasteiger partial charge in [-0.25, -0.2) is 13.1 Å². The van der Waals surface area contributed by atoms with Crippen LogP contribution in [0.25, 0.3) is 0 Å². The van der Waals surface area contributed by atoms with Gasteiger partial charge < -0.3 is 5.11 Å². The van der Waals surface area contributed by atoms with Crippen LogP contribution in [-0.2, 0) is 10.0 Å². The molecule has 0 amide bonds. The fourth-order valence-electron chi connectivity index (χ4n) is 1.98. The van der Waals surface area contributed by atoms with Crippen molar-refractivity contribution in [1.29, 1.82) is 0 Å². The third-order valence-corrected chi connectivity index (χ3v) is 4.86. The lowest BCUT2D eigenvalue weighted by Gasteiger charge is -2.21. The molecular weight excluding hydrogens is 296 g/mol. The van der Waals surface area contributed by atoms with Crippen LogP contribution in [0.2, 0.25) is 0 Å². The molecule has 2 N–H and O–H groups in total. The molecule has 0 aliphatic rings. The second kappa shape index (κ2) is 6.97. The monoisotopic (exact) mass is 316 g/mol. The topological polar surface area (TPSA) is 110 Å². The maximum Gasteiger partial charge on any atom is 0.269 e. The van der Waals surface area contributed by atoms with Crippen LogP contribution in [0.3, 0.4) is 0 Å². The molecule has 0 fully saturated rings. The quantitative estimate of drug-likeness (QED) is 0.586. The minimum absolute atomic E-state index is 0.0108. The number of non-ortho nitro benzene ring substituents is 1. The number of aliphatic hydroxyl groups is 1. The fourth-order valence-corrected chi connectivity index (χ4v) is 3.62. The van der Waals surface area contributed by atoms with E-state index in [4.69, 9.17) is 5.11 Å². The lowest BCUT2D eigenvalue weighted by molar-refractivity contribution is -0.385. The number of sulfonamides is 1. The van der Waals surface area contributed by atoms with Gasteiger partial charge in [0.05, 0.1) is 9.82 Å². The summed E-state index contributed by atoms with van der Waals surface area (Å²) in [5, 5.41) is 19.7. The lowest BCUT2D eigenvalue weighted by Crippen LogP contribution is -2.39. The Morgan fingerprint density at radius 2 is 2.00 bits per heavy atom. The number of nitrogens with zero attached hydrogens (tertiary/aromatic N) is 1. The van der Waals surface area contributed by atoms with Crippen LogP contribution in [-0.4, -0.2) is 31.1 Å². The summed E-state index contributed by atoms with van der Waals surface area (Å²) in [6, 6.07) is 3.23. The summed E-state index contributed by atoms with van der Waals surface area (Å²) in [6.07, 6.45) is 0.308. The summed E-state index contributed by atoms with van der Waals surface area (Å²) >= 11 is 0. The number of aliphatic hydroxyl groups excluding tert-OH is 1. The SMILES string of the molecule is Cc1cc([N+](=O)[O-])ccc1S(=O)(=O)NC(CCO)C(C)C. The lowest BCUT2D eigenvalue weighted by atomic mass is 10.0. The van der Waals surface area contributed by atoms with Crippen molar-refractivity contribution in [3.63, 3.8) is 0 Å². The smallest absolute Gasteiger partial charge is 0.269 e. The van der Waals surface area contributed by atoms with E-state index in [-0.39, 0.29) is 23.1 Å². The largest absolute Gasteiger partial charge is 0.396 e. The van der Waals surface area contributed by atoms with Gasteiger partial charge in [-0.3, -0.25) is 10.1 Å². The van der Waals surface area contributed by atoms with E-state index < -0.39 is 21.0 Å². The van der Waals surface area contributed by atoms with Gasteiger partial charge >= 0.3 is 0 Å². The first-order chi connectivity index (χ1) is 9.69. The molecule has 0 aliphatic carbocycles. The molecule has 118 valence electrons. The molecule has 0 heterocycles. The minimum Gasteiger partial charge on any atom is -0.396 e. The van der Waals surface area contributed by atoms with Crippen molar-refractivity contribution in [2.45, 2.75) is 38.1 Å². The van der Waals surface area contributed by atoms with E-state index in [9.17, 15) is 18.5 Å². The van der Waals surface area contributed by atoms with Crippen molar-refractivity contribution in [2.75, 3.05) is 6.61 Å². The van der Waals surface area contributed by atoms with Crippen LogP contribution in [0.15, 0.2) is 23.1 Å². The molecule has 1 aromatic rings. The molecule has 1 rings (SSSR count). The Bertz CT molecular complexity index is 613. The molecule has 0 aliphatic heterocycles. The molecule has 0 spiro atoms. The second-order valence-electron chi connectivity index (χ2n) is 5.19. The maximum absolute atomic E-state index is 12.4. The Morgan fingerprint density at radius 3 is 2.43 bits per heavy atom. The zero-order valence-corrected chi connectivity index (χ0v) is 13.1. The van der Waals surface area contributed by atoms with Gasteiger partial charge in [-0.05, 0) is 30.9 Å². The van der Waals surface area contributed by atoms with Crippen molar-refractivity contribution < 1.29 is 18.4 Å². The highest BCUT2D eigenvalue weighted by Gasteiger charge is 2.24. The average Bonchev–Trinajstić information content (AvgIpc) is 2.37. The highest BCUT2D eigenvalue weighted by molar-refractivity contribution is 7.89. The number of hydrogen-bond donors (Lipinski definition) is 2. The van der Waals surface area contributed by atoms with Gasteiger partial charge in [0.1, 0.15) is 0 Å². The summed E-state index contributed by atoms with van der Waals surface area (Å²) in [7, 11) is -3.78. The molecule has 0 aromatic heterocycles. The predicted octanol–water partition coefficient (Wildman–Crippen LogP) is 1.59. The van der Waals surface area contributed by atoms with E-state index >= 15 is 0 Å². The number of nitrogens with one attached hydrogen (secondary N) is 1. The Labute approximate surface area is 124 Å². The van der Waals surface area contributed by atoms with Crippen molar-refractivity contribution in [3.8, 4) is 0 Å². The Kier molecular flexibility index (Phi) is 5.82. The summed E-state index contributed by atoms with van der Waals surface area (Å²) in [4.78, 5) is 10.1. The highest BCUT2D eigenvalue weighted by atomic mass is 32.2. The van der Waals surface area contributed by atoms with Gasteiger partial charge in [0.2, 0.25) is 10.0 Å². The van der Waals surface area contributed by atoms with Crippen LogP contribution >= 0.6 is 0 Å². The first-order valence-corrected chi connectivity index (χ1v) is 8.05. The van der Waals surface area contributed by atoms with E-state index in [0.29, 0.717) is 12.0 Å². The molecule has 0 saturated carbocycles. The van der Waals surface area contributed by atoms with Crippen molar-refractivity contribution in [1.82, 2.24) is 4.72 Å². The molecule has 1 atom stereocenters. The highest BCUT2D eigenvalue weighted by Crippen LogP contribution is 2.22. The van der Waals surface area contributed by atoms with E-state index in [0.717, 1.165) is 6.07 Å². The number of aryl methyl sites for hydroxylation is 1. The third-order valence-electron chi connectivity index (χ3n) is 3.21. The van der Waals surface area contributed by atoms with Gasteiger partial charge in [0.15, 0.2) is 0 Å². The number of nitro benzene ring substituents is 1. The van der Waals surface area contributed by atoms with Crippen molar-refractivity contribution >= 4 is 15.7 Å². The molecule has 8 heteroatoms. The van der Waals surface area contributed by atoms with Crippen LogP contribution in [0.5, 0.6) is 0 Å². The van der Waals surface area contributed by atoms with E-state index in [1.54, 1.807) is 0 Å². The van der Waals surface area contributed by atoms with Crippen LogP contribution < -0.4 is 4.72 Å². The molecular formula is C13H20N2O5S.